The Balaban J connectivity index is 2.02. The first-order chi connectivity index (χ1) is 13.7. The summed E-state index contributed by atoms with van der Waals surface area (Å²) in [5, 5.41) is 0. The molecule has 1 aliphatic heterocycles. The molecule has 29 heavy (non-hydrogen) atoms. The predicted molar refractivity (Wildman–Crippen MR) is 116 cm³/mol. The van der Waals surface area contributed by atoms with Gasteiger partial charge in [0.05, 0.1) is 6.61 Å². The van der Waals surface area contributed by atoms with Crippen LogP contribution in [0, 0.1) is 11.3 Å². The van der Waals surface area contributed by atoms with Crippen LogP contribution in [0.4, 0.5) is 0 Å². The molecule has 3 rings (SSSR count). The van der Waals surface area contributed by atoms with Gasteiger partial charge in [-0.2, -0.15) is 0 Å². The molecule has 0 aromatic heterocycles. The maximum Gasteiger partial charge on any atom is 0.315 e. The molecule has 5 nitrogen and oxygen atoms in total. The van der Waals surface area contributed by atoms with Crippen LogP contribution in [0.25, 0.3) is 0 Å². The van der Waals surface area contributed by atoms with Gasteiger partial charge < -0.3 is 9.47 Å². The van der Waals surface area contributed by atoms with E-state index in [9.17, 15) is 9.59 Å². The SMILES string of the molecule is CCOCCOC(=O)C1C(C)=NC2=C(C(=O)CC(C)(C)C2)[C@H]1c1cccc(Br)c1. The number of ketones is 1. The lowest BCUT2D eigenvalue weighted by molar-refractivity contribution is -0.148. The molecule has 0 amide bonds. The van der Waals surface area contributed by atoms with Crippen molar-refractivity contribution in [2.45, 2.75) is 46.5 Å². The first-order valence-electron chi connectivity index (χ1n) is 10.0. The Morgan fingerprint density at radius 1 is 1.28 bits per heavy atom. The van der Waals surface area contributed by atoms with E-state index in [1.807, 2.05) is 38.1 Å². The van der Waals surface area contributed by atoms with Gasteiger partial charge >= 0.3 is 5.97 Å². The average molecular weight is 462 g/mol. The number of carbonyl (C=O) groups excluding carboxylic acids is 2. The number of carbonyl (C=O) groups is 2. The molecule has 0 bridgehead atoms. The molecule has 1 aliphatic carbocycles. The summed E-state index contributed by atoms with van der Waals surface area (Å²) in [6.07, 6.45) is 1.18. The summed E-state index contributed by atoms with van der Waals surface area (Å²) in [7, 11) is 0. The van der Waals surface area contributed by atoms with Crippen molar-refractivity contribution in [2.75, 3.05) is 19.8 Å². The van der Waals surface area contributed by atoms with E-state index in [2.05, 4.69) is 29.8 Å². The fourth-order valence-electron chi connectivity index (χ4n) is 4.25. The van der Waals surface area contributed by atoms with Crippen LogP contribution in [-0.4, -0.2) is 37.3 Å². The molecule has 156 valence electrons. The van der Waals surface area contributed by atoms with E-state index in [0.717, 1.165) is 22.2 Å². The van der Waals surface area contributed by atoms with Gasteiger partial charge in [-0.1, -0.05) is 41.9 Å². The molecular formula is C23H28BrNO4. The summed E-state index contributed by atoms with van der Waals surface area (Å²) in [5.74, 6) is -1.29. The smallest absolute Gasteiger partial charge is 0.315 e. The van der Waals surface area contributed by atoms with E-state index in [-0.39, 0.29) is 29.7 Å². The third-order valence-electron chi connectivity index (χ3n) is 5.44. The number of Topliss-reactive ketones (excluding diaryl/α,β-unsaturated/α-hetero) is 1. The molecule has 0 radical (unpaired) electrons. The molecule has 0 saturated carbocycles. The number of aliphatic imine (C=N–C) groups is 1. The minimum atomic E-state index is -0.616. The van der Waals surface area contributed by atoms with E-state index in [0.29, 0.717) is 30.9 Å². The van der Waals surface area contributed by atoms with Crippen molar-refractivity contribution in [3.05, 3.63) is 45.6 Å². The molecule has 2 aliphatic rings. The Hall–Kier alpha value is -1.79. The minimum absolute atomic E-state index is 0.0737. The monoisotopic (exact) mass is 461 g/mol. The largest absolute Gasteiger partial charge is 0.463 e. The number of halogens is 1. The van der Waals surface area contributed by atoms with Crippen LogP contribution in [0.5, 0.6) is 0 Å². The van der Waals surface area contributed by atoms with Crippen molar-refractivity contribution < 1.29 is 19.1 Å². The highest BCUT2D eigenvalue weighted by atomic mass is 79.9. The Bertz CT molecular complexity index is 871. The maximum absolute atomic E-state index is 13.2. The Morgan fingerprint density at radius 3 is 2.72 bits per heavy atom. The molecule has 1 unspecified atom stereocenters. The van der Waals surface area contributed by atoms with Crippen molar-refractivity contribution in [1.82, 2.24) is 0 Å². The van der Waals surface area contributed by atoms with Gasteiger partial charge in [0.1, 0.15) is 12.5 Å². The number of allylic oxidation sites excluding steroid dienone is 2. The standard InChI is InChI=1S/C23H28BrNO4/c1-5-28-9-10-29-22(27)19-14(2)25-17-12-23(3,4)13-18(26)21(17)20(19)15-7-6-8-16(24)11-15/h6-8,11,19-20H,5,9-10,12-13H2,1-4H3/t19?,20-/m0/s1. The van der Waals surface area contributed by atoms with Gasteiger partial charge in [0.25, 0.3) is 0 Å². The van der Waals surface area contributed by atoms with E-state index in [1.165, 1.54) is 0 Å². The fourth-order valence-corrected chi connectivity index (χ4v) is 4.66. The zero-order valence-electron chi connectivity index (χ0n) is 17.5. The van der Waals surface area contributed by atoms with Crippen molar-refractivity contribution >= 4 is 33.4 Å². The normalized spacial score (nSPS) is 23.5. The second-order valence-corrected chi connectivity index (χ2v) is 9.34. The summed E-state index contributed by atoms with van der Waals surface area (Å²) < 4.78 is 11.7. The second-order valence-electron chi connectivity index (χ2n) is 8.43. The molecule has 6 heteroatoms. The van der Waals surface area contributed by atoms with Crippen LogP contribution >= 0.6 is 15.9 Å². The van der Waals surface area contributed by atoms with Crippen molar-refractivity contribution in [2.24, 2.45) is 16.3 Å². The third-order valence-corrected chi connectivity index (χ3v) is 5.93. The molecule has 0 spiro atoms. The van der Waals surface area contributed by atoms with Crippen molar-refractivity contribution in [3.63, 3.8) is 0 Å². The zero-order chi connectivity index (χ0) is 21.2. The first kappa shape index (κ1) is 21.9. The molecule has 0 N–H and O–H groups in total. The van der Waals surface area contributed by atoms with Crippen molar-refractivity contribution in [1.29, 1.82) is 0 Å². The molecule has 0 saturated heterocycles. The lowest BCUT2D eigenvalue weighted by atomic mass is 9.67. The second kappa shape index (κ2) is 8.92. The van der Waals surface area contributed by atoms with E-state index < -0.39 is 5.92 Å². The highest BCUT2D eigenvalue weighted by Gasteiger charge is 2.46. The van der Waals surface area contributed by atoms with E-state index in [1.54, 1.807) is 0 Å². The van der Waals surface area contributed by atoms with Gasteiger partial charge in [0.15, 0.2) is 5.78 Å². The molecule has 1 aromatic rings. The van der Waals surface area contributed by atoms with Crippen LogP contribution in [-0.2, 0) is 19.1 Å². The zero-order valence-corrected chi connectivity index (χ0v) is 19.0. The quantitative estimate of drug-likeness (QED) is 0.448. The van der Waals surface area contributed by atoms with E-state index >= 15 is 0 Å². The van der Waals surface area contributed by atoms with Crippen LogP contribution in [0.1, 0.15) is 52.0 Å². The number of hydrogen-bond donors (Lipinski definition) is 0. The van der Waals surface area contributed by atoms with Crippen LogP contribution < -0.4 is 0 Å². The fraction of sp³-hybridized carbons (Fsp3) is 0.522. The highest BCUT2D eigenvalue weighted by Crippen LogP contribution is 2.48. The van der Waals surface area contributed by atoms with E-state index in [4.69, 9.17) is 14.5 Å². The molecule has 2 atom stereocenters. The molecule has 0 fully saturated rings. The summed E-state index contributed by atoms with van der Waals surface area (Å²) in [4.78, 5) is 30.9. The van der Waals surface area contributed by atoms with Gasteiger partial charge in [0.2, 0.25) is 0 Å². The Labute approximate surface area is 180 Å². The summed E-state index contributed by atoms with van der Waals surface area (Å²) in [6, 6.07) is 7.80. The number of benzene rings is 1. The predicted octanol–water partition coefficient (Wildman–Crippen LogP) is 4.85. The Morgan fingerprint density at radius 2 is 2.03 bits per heavy atom. The van der Waals surface area contributed by atoms with Gasteiger partial charge in [0, 0.05) is 40.4 Å². The summed E-state index contributed by atoms with van der Waals surface area (Å²) in [5.41, 5.74) is 2.96. The highest BCUT2D eigenvalue weighted by molar-refractivity contribution is 9.10. The van der Waals surface area contributed by atoms with Crippen LogP contribution in [0.2, 0.25) is 0 Å². The first-order valence-corrected chi connectivity index (χ1v) is 10.8. The number of hydrogen-bond acceptors (Lipinski definition) is 5. The lowest BCUT2D eigenvalue weighted by Gasteiger charge is -2.39. The van der Waals surface area contributed by atoms with Crippen molar-refractivity contribution in [3.8, 4) is 0 Å². The third kappa shape index (κ3) is 4.86. The van der Waals surface area contributed by atoms with Gasteiger partial charge in [-0.15, -0.1) is 0 Å². The van der Waals surface area contributed by atoms with Crippen LogP contribution in [0.3, 0.4) is 0 Å². The number of ether oxygens (including phenoxy) is 2. The number of esters is 1. The molecule has 1 aromatic carbocycles. The van der Waals surface area contributed by atoms with Gasteiger partial charge in [-0.05, 0) is 43.4 Å². The van der Waals surface area contributed by atoms with Gasteiger partial charge in [-0.25, -0.2) is 0 Å². The topological polar surface area (TPSA) is 65.0 Å². The number of nitrogens with zero attached hydrogens (tertiary/aromatic N) is 1. The van der Waals surface area contributed by atoms with Crippen LogP contribution in [0.15, 0.2) is 45.0 Å². The average Bonchev–Trinajstić information content (AvgIpc) is 2.63. The minimum Gasteiger partial charge on any atom is -0.463 e. The lowest BCUT2D eigenvalue weighted by Crippen LogP contribution is -2.39. The van der Waals surface area contributed by atoms with Gasteiger partial charge in [-0.3, -0.25) is 14.6 Å². The summed E-state index contributed by atoms with van der Waals surface area (Å²) in [6.45, 7) is 9.04. The molecular weight excluding hydrogens is 434 g/mol. The molecule has 1 heterocycles. The summed E-state index contributed by atoms with van der Waals surface area (Å²) >= 11 is 3.52. The number of rotatable bonds is 6. The Kier molecular flexibility index (Phi) is 6.74. The maximum atomic E-state index is 13.2.